The lowest BCUT2D eigenvalue weighted by Crippen LogP contribution is -2.41. The molecule has 30 heteroatoms. The minimum atomic E-state index is -1.09. The number of carbonyl (C=O) groups excluding carboxylic acids is 3. The van der Waals surface area contributed by atoms with Crippen LogP contribution in [0.2, 0.25) is 0 Å². The fourth-order valence-corrected chi connectivity index (χ4v) is 14.7. The van der Waals surface area contributed by atoms with Gasteiger partial charge in [0.1, 0.15) is 0 Å². The van der Waals surface area contributed by atoms with E-state index in [2.05, 4.69) is 31.2 Å². The lowest BCUT2D eigenvalue weighted by atomic mass is 9.93. The topological polar surface area (TPSA) is 396 Å². The van der Waals surface area contributed by atoms with E-state index in [1.165, 1.54) is 18.2 Å². The quantitative estimate of drug-likeness (QED) is 0.0302. The Kier molecular flexibility index (Phi) is 21.5. The molecule has 9 N–H and O–H groups in total. The maximum atomic E-state index is 13.4. The van der Waals surface area contributed by atoms with Crippen molar-refractivity contribution in [2.24, 2.45) is 0 Å². The van der Waals surface area contributed by atoms with Crippen LogP contribution in [0.1, 0.15) is 240 Å². The van der Waals surface area contributed by atoms with E-state index >= 15 is 0 Å². The van der Waals surface area contributed by atoms with E-state index in [4.69, 9.17) is 15.3 Å². The van der Waals surface area contributed by atoms with E-state index in [-0.39, 0.29) is 65.4 Å². The SMILES string of the molecule is CC(C)(O)c1cnn(-c2cc3nn(C4CCC(O)CC4)cc3cc2NC(=O)c2cccc(C3CC3)[n+]2[O-])c1.CC(C)c1cccc(C(=O)Nc2cc3cn(C4CCC(O)CC4)nc3cc2-n2cc(C(C)(C)O)cn2)[n+]1[O-].Cc1cccc(C(=O)Nc2cc3cn(C4CCC(O)CC4)nc3cc2-n2cc(C(C)(C)O)cn2)[n+]1[O-]. The van der Waals surface area contributed by atoms with E-state index < -0.39 is 34.5 Å². The Morgan fingerprint density at radius 3 is 1.08 bits per heavy atom. The first-order valence-corrected chi connectivity index (χ1v) is 38.3. The van der Waals surface area contributed by atoms with Crippen molar-refractivity contribution >= 4 is 67.5 Å². The van der Waals surface area contributed by atoms with Crippen LogP contribution in [-0.2, 0) is 16.8 Å². The standard InChI is InChI=1S/C28H32N6O4.C28H34N6O4.C26H30N6O4/c1-28(2,37)19-14-29-33(16-19)26-13-22-18(15-32(31-22)20-8-10-21(35)11-9-20)12-23(26)30-27(36)25-5-3-4-24(34(25)38)17-6-7-17;1-17(2)24-6-5-7-25(34(24)38)27(36)30-23-12-18-15-32(20-8-10-21(35)11-9-20)31-22(18)13-26(23)33-16-19(14-29-33)28(3,4)37;1-16-5-4-6-23(32(16)36)25(34)28-22-11-17-14-30(19-7-9-20(33)10-8-19)29-21(17)12-24(22)31-15-18(13-27-31)26(2,3)35/h3-5,12-17,20-21,35,37H,6-11H2,1-2H3,(H,30,36);5-7,12-17,20-21,35,37H,8-11H2,1-4H3,(H,30,36);4-6,11-15,19-20,33,35H,7-10H2,1-3H3,(H,28,34). The Hall–Kier alpha value is -11.3. The number of aryl methyl sites for hydroxylation is 1. The molecule has 0 aliphatic heterocycles. The highest BCUT2D eigenvalue weighted by Gasteiger charge is 2.35. The maximum Gasteiger partial charge on any atom is 0.321 e. The number of aromatic nitrogens is 15. The molecular weight excluding hydrogens is 1430 g/mol. The van der Waals surface area contributed by atoms with Crippen LogP contribution in [0.5, 0.6) is 0 Å². The number of hydrogen-bond acceptors (Lipinski definition) is 18. The smallest absolute Gasteiger partial charge is 0.321 e. The minimum absolute atomic E-state index is 0.00338. The number of nitrogens with zero attached hydrogens (tertiary/aromatic N) is 15. The second-order valence-corrected chi connectivity index (χ2v) is 32.1. The van der Waals surface area contributed by atoms with E-state index in [9.17, 15) is 60.6 Å². The van der Waals surface area contributed by atoms with Crippen LogP contribution in [0.15, 0.2) is 147 Å². The van der Waals surface area contributed by atoms with Gasteiger partial charge in [0.05, 0.1) is 123 Å². The van der Waals surface area contributed by atoms with Gasteiger partial charge in [0.25, 0.3) is 17.1 Å². The van der Waals surface area contributed by atoms with Crippen LogP contribution in [0, 0.1) is 22.5 Å². The molecule has 30 nitrogen and oxygen atoms in total. The van der Waals surface area contributed by atoms with Crippen LogP contribution in [0.3, 0.4) is 0 Å². The summed E-state index contributed by atoms with van der Waals surface area (Å²) in [5, 5.41) is 138. The highest BCUT2D eigenvalue weighted by Crippen LogP contribution is 2.40. The number of carbonyl (C=O) groups is 3. The number of benzene rings is 3. The average molecular weight is 1530 g/mol. The molecule has 16 rings (SSSR count). The van der Waals surface area contributed by atoms with Crippen LogP contribution in [0.25, 0.3) is 49.8 Å². The molecular formula is C82H96N18O12. The monoisotopic (exact) mass is 1520 g/mol. The van der Waals surface area contributed by atoms with Gasteiger partial charge >= 0.3 is 17.7 Å². The number of pyridine rings is 3. The minimum Gasteiger partial charge on any atom is -0.618 e. The van der Waals surface area contributed by atoms with Crippen molar-refractivity contribution in [3.05, 3.63) is 213 Å². The predicted octanol–water partition coefficient (Wildman–Crippen LogP) is 10.7. The summed E-state index contributed by atoms with van der Waals surface area (Å²) >= 11 is 0. The molecule has 4 aliphatic carbocycles. The molecule has 0 bridgehead atoms. The largest absolute Gasteiger partial charge is 0.618 e. The molecule has 112 heavy (non-hydrogen) atoms. The summed E-state index contributed by atoms with van der Waals surface area (Å²) in [7, 11) is 0. The molecule has 12 aromatic rings. The summed E-state index contributed by atoms with van der Waals surface area (Å²) in [5.41, 5.74) is 5.40. The van der Waals surface area contributed by atoms with Crippen LogP contribution >= 0.6 is 0 Å². The van der Waals surface area contributed by atoms with Gasteiger partial charge in [-0.1, -0.05) is 13.8 Å². The number of aliphatic hydroxyl groups excluding tert-OH is 3. The molecule has 586 valence electrons. The van der Waals surface area contributed by atoms with Crippen molar-refractivity contribution in [2.45, 2.75) is 217 Å². The fraction of sp³-hybridized carbons (Fsp3) is 0.415. The van der Waals surface area contributed by atoms with Crippen LogP contribution in [0.4, 0.5) is 17.1 Å². The highest BCUT2D eigenvalue weighted by molar-refractivity contribution is 6.06. The van der Waals surface area contributed by atoms with Gasteiger partial charge < -0.3 is 62.2 Å². The van der Waals surface area contributed by atoms with Crippen molar-refractivity contribution in [1.29, 1.82) is 0 Å². The number of nitrogens with one attached hydrogen (secondary N) is 3. The molecule has 9 heterocycles. The van der Waals surface area contributed by atoms with Gasteiger partial charge in [-0.3, -0.25) is 28.4 Å². The predicted molar refractivity (Wildman–Crippen MR) is 418 cm³/mol. The third kappa shape index (κ3) is 16.8. The molecule has 4 fully saturated rings. The van der Waals surface area contributed by atoms with Crippen LogP contribution < -0.4 is 30.1 Å². The van der Waals surface area contributed by atoms with Crippen molar-refractivity contribution in [2.75, 3.05) is 16.0 Å². The third-order valence-electron chi connectivity index (χ3n) is 21.8. The lowest BCUT2D eigenvalue weighted by Gasteiger charge is -2.25. The zero-order valence-electron chi connectivity index (χ0n) is 64.2. The van der Waals surface area contributed by atoms with Gasteiger partial charge in [0.15, 0.2) is 17.1 Å². The van der Waals surface area contributed by atoms with Gasteiger partial charge in [-0.15, -0.1) is 0 Å². The summed E-state index contributed by atoms with van der Waals surface area (Å²) in [6, 6.07) is 26.4. The van der Waals surface area contributed by atoms with Crippen LogP contribution in [-0.4, -0.2) is 125 Å². The van der Waals surface area contributed by atoms with Gasteiger partial charge in [-0.25, -0.2) is 14.0 Å². The van der Waals surface area contributed by atoms with E-state index in [0.717, 1.165) is 127 Å². The highest BCUT2D eigenvalue weighted by atomic mass is 16.5. The maximum absolute atomic E-state index is 13.4. The number of rotatable bonds is 17. The van der Waals surface area contributed by atoms with Gasteiger partial charge in [0.2, 0.25) is 0 Å². The lowest BCUT2D eigenvalue weighted by molar-refractivity contribution is -0.617. The zero-order valence-corrected chi connectivity index (χ0v) is 64.2. The average Bonchev–Trinajstić information content (AvgIpc) is 1.61. The van der Waals surface area contributed by atoms with Crippen molar-refractivity contribution in [1.82, 2.24) is 58.7 Å². The molecule has 0 radical (unpaired) electrons. The summed E-state index contributed by atoms with van der Waals surface area (Å²) in [4.78, 5) is 39.8. The Morgan fingerprint density at radius 1 is 0.438 bits per heavy atom. The zero-order chi connectivity index (χ0) is 79.4. The Bertz CT molecular complexity index is 5250. The molecule has 0 atom stereocenters. The van der Waals surface area contributed by atoms with Crippen molar-refractivity contribution in [3.8, 4) is 17.1 Å². The first-order valence-electron chi connectivity index (χ1n) is 38.3. The Balaban J connectivity index is 0.000000140. The first kappa shape index (κ1) is 77.4. The van der Waals surface area contributed by atoms with E-state index in [1.54, 1.807) is 136 Å². The molecule has 3 aromatic carbocycles. The molecule has 9 aromatic heterocycles. The number of fused-ring (bicyclic) bond motifs is 3. The fourth-order valence-electron chi connectivity index (χ4n) is 14.7. The van der Waals surface area contributed by atoms with E-state index in [1.807, 2.05) is 82.9 Å². The van der Waals surface area contributed by atoms with Gasteiger partial charge in [-0.2, -0.15) is 44.8 Å². The van der Waals surface area contributed by atoms with Crippen molar-refractivity contribution in [3.63, 3.8) is 0 Å². The number of amides is 3. The van der Waals surface area contributed by atoms with Gasteiger partial charge in [0, 0.05) is 125 Å². The van der Waals surface area contributed by atoms with E-state index in [0.29, 0.717) is 77.4 Å². The second-order valence-electron chi connectivity index (χ2n) is 32.1. The normalized spacial score (nSPS) is 19.0. The molecule has 0 spiro atoms. The molecule has 4 saturated carbocycles. The molecule has 3 amide bonds. The summed E-state index contributed by atoms with van der Waals surface area (Å²) < 4.78 is 12.6. The van der Waals surface area contributed by atoms with Gasteiger partial charge in [-0.05, 0) is 186 Å². The summed E-state index contributed by atoms with van der Waals surface area (Å²) in [6.07, 6.45) is 26.4. The summed E-state index contributed by atoms with van der Waals surface area (Å²) in [5.74, 6) is -1.41. The molecule has 4 aliphatic rings. The number of anilines is 3. The Morgan fingerprint density at radius 2 is 0.759 bits per heavy atom. The number of hydrogen-bond donors (Lipinski definition) is 9. The molecule has 0 saturated heterocycles. The first-order chi connectivity index (χ1) is 53.3. The third-order valence-corrected chi connectivity index (χ3v) is 21.8. The molecule has 0 unspecified atom stereocenters. The number of aliphatic hydroxyl groups is 6. The second kappa shape index (κ2) is 31.1. The Labute approximate surface area is 646 Å². The summed E-state index contributed by atoms with van der Waals surface area (Å²) in [6.45, 7) is 15.5. The van der Waals surface area contributed by atoms with Crippen molar-refractivity contribution < 1.29 is 59.2 Å².